The molecule has 1 unspecified atom stereocenters. The summed E-state index contributed by atoms with van der Waals surface area (Å²) in [6, 6.07) is 7.41. The Balaban J connectivity index is 1.60. The van der Waals surface area contributed by atoms with E-state index in [1.54, 1.807) is 0 Å². The topological polar surface area (TPSA) is 15.3 Å². The van der Waals surface area contributed by atoms with Crippen LogP contribution >= 0.6 is 27.5 Å². The summed E-state index contributed by atoms with van der Waals surface area (Å²) in [6.07, 6.45) is 6.81. The Kier molecular flexibility index (Phi) is 5.26. The molecule has 1 N–H and O–H groups in total. The van der Waals surface area contributed by atoms with Gasteiger partial charge in [0.05, 0.1) is 0 Å². The highest BCUT2D eigenvalue weighted by atomic mass is 79.9. The van der Waals surface area contributed by atoms with E-state index >= 15 is 0 Å². The minimum absolute atomic E-state index is 0.339. The van der Waals surface area contributed by atoms with Crippen LogP contribution in [0.15, 0.2) is 22.7 Å². The maximum Gasteiger partial charge on any atom is 0.0465 e. The van der Waals surface area contributed by atoms with Gasteiger partial charge in [0.25, 0.3) is 0 Å². The van der Waals surface area contributed by atoms with Crippen LogP contribution in [-0.2, 0) is 0 Å². The molecule has 0 heterocycles. The van der Waals surface area contributed by atoms with Crippen molar-refractivity contribution >= 4 is 27.5 Å². The zero-order valence-electron chi connectivity index (χ0n) is 12.6. The average Bonchev–Trinajstić information content (AvgIpc) is 3.33. The summed E-state index contributed by atoms with van der Waals surface area (Å²) >= 11 is 9.88. The van der Waals surface area contributed by atoms with Crippen LogP contribution < -0.4 is 5.32 Å². The molecule has 2 saturated carbocycles. The molecule has 0 aliphatic heterocycles. The van der Waals surface area contributed by atoms with Gasteiger partial charge in [0.2, 0.25) is 0 Å². The van der Waals surface area contributed by atoms with Crippen LogP contribution in [-0.4, -0.2) is 31.1 Å². The van der Waals surface area contributed by atoms with Crippen LogP contribution in [0.2, 0.25) is 5.02 Å². The summed E-state index contributed by atoms with van der Waals surface area (Å²) in [5.74, 6) is 0.981. The van der Waals surface area contributed by atoms with Crippen molar-refractivity contribution in [3.8, 4) is 0 Å². The second-order valence-corrected chi connectivity index (χ2v) is 7.79. The quantitative estimate of drug-likeness (QED) is 0.717. The lowest BCUT2D eigenvalue weighted by Gasteiger charge is -2.25. The maximum atomic E-state index is 6.40. The van der Waals surface area contributed by atoms with Crippen molar-refractivity contribution in [1.82, 2.24) is 10.2 Å². The lowest BCUT2D eigenvalue weighted by Crippen LogP contribution is -2.32. The lowest BCUT2D eigenvalue weighted by molar-refractivity contribution is 0.239. The van der Waals surface area contributed by atoms with E-state index in [2.05, 4.69) is 38.3 Å². The summed E-state index contributed by atoms with van der Waals surface area (Å²) in [4.78, 5) is 2.72. The first kappa shape index (κ1) is 15.8. The lowest BCUT2D eigenvalue weighted by atomic mass is 10.0. The fourth-order valence-electron chi connectivity index (χ4n) is 3.03. The molecule has 116 valence electrons. The minimum Gasteiger partial charge on any atom is -0.313 e. The fraction of sp³-hybridized carbons (Fsp3) is 0.647. The van der Waals surface area contributed by atoms with Gasteiger partial charge in [0.1, 0.15) is 0 Å². The monoisotopic (exact) mass is 370 g/mol. The molecule has 0 spiro atoms. The first-order valence-corrected chi connectivity index (χ1v) is 9.20. The molecule has 2 nitrogen and oxygen atoms in total. The summed E-state index contributed by atoms with van der Waals surface area (Å²) in [7, 11) is 2.03. The maximum absolute atomic E-state index is 6.40. The number of halogens is 2. The molecular formula is C17H24BrClN2. The molecule has 0 saturated heterocycles. The molecule has 2 aliphatic carbocycles. The van der Waals surface area contributed by atoms with E-state index in [1.807, 2.05) is 13.1 Å². The fourth-order valence-corrected chi connectivity index (χ4v) is 3.83. The van der Waals surface area contributed by atoms with Gasteiger partial charge in [-0.25, -0.2) is 0 Å². The van der Waals surface area contributed by atoms with Gasteiger partial charge in [-0.2, -0.15) is 0 Å². The van der Waals surface area contributed by atoms with Gasteiger partial charge in [0, 0.05) is 34.7 Å². The minimum atomic E-state index is 0.339. The van der Waals surface area contributed by atoms with Gasteiger partial charge in [-0.05, 0) is 62.8 Å². The van der Waals surface area contributed by atoms with Gasteiger partial charge < -0.3 is 10.2 Å². The predicted octanol–water partition coefficient (Wildman–Crippen LogP) is 4.63. The van der Waals surface area contributed by atoms with Crippen molar-refractivity contribution in [2.75, 3.05) is 20.1 Å². The smallest absolute Gasteiger partial charge is 0.0465 e. The standard InChI is InChI=1S/C17H24BrClN2/c1-20-17(15-7-4-13(18)10-16(15)19)8-9-21(14-5-6-14)11-12-2-3-12/h4,7,10,12,14,17,20H,2-3,5-6,8-9,11H2,1H3. The van der Waals surface area contributed by atoms with Crippen molar-refractivity contribution in [3.05, 3.63) is 33.3 Å². The molecule has 0 aromatic heterocycles. The van der Waals surface area contributed by atoms with Crippen LogP contribution in [0.5, 0.6) is 0 Å². The highest BCUT2D eigenvalue weighted by Crippen LogP contribution is 2.36. The highest BCUT2D eigenvalue weighted by Gasteiger charge is 2.33. The molecule has 4 heteroatoms. The Hall–Kier alpha value is -0.0900. The third kappa shape index (κ3) is 4.44. The SMILES string of the molecule is CNC(CCN(CC1CC1)C1CC1)c1ccc(Br)cc1Cl. The highest BCUT2D eigenvalue weighted by molar-refractivity contribution is 9.10. The second-order valence-electron chi connectivity index (χ2n) is 6.47. The Morgan fingerprint density at radius 1 is 1.33 bits per heavy atom. The zero-order valence-corrected chi connectivity index (χ0v) is 15.0. The number of hydrogen-bond acceptors (Lipinski definition) is 2. The summed E-state index contributed by atoms with van der Waals surface area (Å²) in [5.41, 5.74) is 1.21. The van der Waals surface area contributed by atoms with Gasteiger partial charge >= 0.3 is 0 Å². The molecule has 21 heavy (non-hydrogen) atoms. The number of hydrogen-bond donors (Lipinski definition) is 1. The molecule has 0 amide bonds. The normalized spacial score (nSPS) is 20.0. The Labute approximate surface area is 141 Å². The van der Waals surface area contributed by atoms with Gasteiger partial charge in [-0.15, -0.1) is 0 Å². The van der Waals surface area contributed by atoms with Crippen molar-refractivity contribution in [1.29, 1.82) is 0 Å². The van der Waals surface area contributed by atoms with E-state index in [1.165, 1.54) is 44.3 Å². The number of benzene rings is 1. The van der Waals surface area contributed by atoms with Crippen molar-refractivity contribution in [2.45, 2.75) is 44.2 Å². The number of rotatable bonds is 8. The summed E-state index contributed by atoms with van der Waals surface area (Å²) in [5, 5.41) is 4.29. The number of nitrogens with zero attached hydrogens (tertiary/aromatic N) is 1. The molecule has 1 atom stereocenters. The molecule has 2 aliphatic rings. The van der Waals surface area contributed by atoms with Gasteiger partial charge in [-0.1, -0.05) is 33.6 Å². The molecule has 1 aromatic carbocycles. The van der Waals surface area contributed by atoms with E-state index in [-0.39, 0.29) is 0 Å². The Bertz CT molecular complexity index is 486. The largest absolute Gasteiger partial charge is 0.313 e. The molecule has 2 fully saturated rings. The van der Waals surface area contributed by atoms with E-state index in [0.29, 0.717) is 6.04 Å². The van der Waals surface area contributed by atoms with Crippen LogP contribution in [0, 0.1) is 5.92 Å². The van der Waals surface area contributed by atoms with Crippen LogP contribution in [0.4, 0.5) is 0 Å². The third-order valence-corrected chi connectivity index (χ3v) is 5.46. The Morgan fingerprint density at radius 3 is 2.67 bits per heavy atom. The van der Waals surface area contributed by atoms with Gasteiger partial charge in [0.15, 0.2) is 0 Å². The molecule has 1 aromatic rings. The van der Waals surface area contributed by atoms with Crippen molar-refractivity contribution in [3.63, 3.8) is 0 Å². The third-order valence-electron chi connectivity index (χ3n) is 4.64. The van der Waals surface area contributed by atoms with Crippen molar-refractivity contribution < 1.29 is 0 Å². The molecule has 0 radical (unpaired) electrons. The second kappa shape index (κ2) is 6.99. The first-order valence-electron chi connectivity index (χ1n) is 8.03. The van der Waals surface area contributed by atoms with Crippen LogP contribution in [0.25, 0.3) is 0 Å². The summed E-state index contributed by atoms with van der Waals surface area (Å²) < 4.78 is 1.04. The van der Waals surface area contributed by atoms with Crippen LogP contribution in [0.1, 0.15) is 43.7 Å². The molecular weight excluding hydrogens is 348 g/mol. The first-order chi connectivity index (χ1) is 10.2. The van der Waals surface area contributed by atoms with E-state index in [4.69, 9.17) is 11.6 Å². The molecule has 0 bridgehead atoms. The van der Waals surface area contributed by atoms with E-state index in [0.717, 1.165) is 27.9 Å². The van der Waals surface area contributed by atoms with E-state index < -0.39 is 0 Å². The van der Waals surface area contributed by atoms with E-state index in [9.17, 15) is 0 Å². The Morgan fingerprint density at radius 2 is 2.10 bits per heavy atom. The van der Waals surface area contributed by atoms with Gasteiger partial charge in [-0.3, -0.25) is 0 Å². The van der Waals surface area contributed by atoms with Crippen LogP contribution in [0.3, 0.4) is 0 Å². The molecule has 3 rings (SSSR count). The zero-order chi connectivity index (χ0) is 14.8. The van der Waals surface area contributed by atoms with Crippen molar-refractivity contribution in [2.24, 2.45) is 5.92 Å². The summed E-state index contributed by atoms with van der Waals surface area (Å²) in [6.45, 7) is 2.49. The predicted molar refractivity (Wildman–Crippen MR) is 92.9 cm³/mol. The number of nitrogens with one attached hydrogen (secondary N) is 1. The average molecular weight is 372 g/mol.